The third-order valence-corrected chi connectivity index (χ3v) is 3.05. The Kier molecular flexibility index (Phi) is 3.12. The van der Waals surface area contributed by atoms with Crippen LogP contribution in [0.5, 0.6) is 5.75 Å². The van der Waals surface area contributed by atoms with Gasteiger partial charge < -0.3 is 20.8 Å². The molecule has 1 atom stereocenters. The Morgan fingerprint density at radius 1 is 1.37 bits per heavy atom. The fourth-order valence-corrected chi connectivity index (χ4v) is 2.01. The molecule has 4 N–H and O–H groups in total. The molecule has 2 rings (SSSR count). The number of carbonyl (C=O) groups excluding carboxylic acids is 2. The van der Waals surface area contributed by atoms with E-state index in [9.17, 15) is 19.5 Å². The summed E-state index contributed by atoms with van der Waals surface area (Å²) in [5.74, 6) is -3.11. The molecule has 7 heteroatoms. The maximum absolute atomic E-state index is 11.8. The second-order valence-corrected chi connectivity index (χ2v) is 4.31. The van der Waals surface area contributed by atoms with Crippen LogP contribution in [0.1, 0.15) is 16.8 Å². The van der Waals surface area contributed by atoms with Crippen molar-refractivity contribution in [2.75, 3.05) is 11.4 Å². The number of nitrogens with two attached hydrogens (primary N) is 1. The van der Waals surface area contributed by atoms with Crippen LogP contribution in [-0.2, 0) is 9.59 Å². The number of carbonyl (C=O) groups is 3. The van der Waals surface area contributed by atoms with Gasteiger partial charge in [-0.3, -0.25) is 9.59 Å². The van der Waals surface area contributed by atoms with Gasteiger partial charge >= 0.3 is 5.97 Å². The topological polar surface area (TPSA) is 121 Å². The molecular formula is C12H12N2O5. The van der Waals surface area contributed by atoms with E-state index in [4.69, 9.17) is 10.8 Å². The Hall–Kier alpha value is -2.57. The largest absolute Gasteiger partial charge is 0.507 e. The van der Waals surface area contributed by atoms with Crippen LogP contribution in [-0.4, -0.2) is 34.5 Å². The highest BCUT2D eigenvalue weighted by atomic mass is 16.4. The molecule has 0 aromatic heterocycles. The number of nitrogens with zero attached hydrogens (tertiary/aromatic N) is 1. The van der Waals surface area contributed by atoms with Gasteiger partial charge in [0.05, 0.1) is 5.92 Å². The number of phenols is 1. The van der Waals surface area contributed by atoms with E-state index in [0.717, 1.165) is 0 Å². The molecule has 100 valence electrons. The molecule has 0 radical (unpaired) electrons. The first-order valence-electron chi connectivity index (χ1n) is 5.56. The Bertz CT molecular complexity index is 569. The molecular weight excluding hydrogens is 252 g/mol. The average molecular weight is 264 g/mol. The number of aromatic hydroxyl groups is 1. The minimum absolute atomic E-state index is 0.0125. The molecule has 0 spiro atoms. The summed E-state index contributed by atoms with van der Waals surface area (Å²) in [6, 6.07) is 3.81. The summed E-state index contributed by atoms with van der Waals surface area (Å²) in [6.07, 6.45) is 0.0125. The number of benzene rings is 1. The lowest BCUT2D eigenvalue weighted by Crippen LogP contribution is -2.28. The molecule has 0 bridgehead atoms. The van der Waals surface area contributed by atoms with Crippen molar-refractivity contribution >= 4 is 23.5 Å². The molecule has 0 saturated carbocycles. The third kappa shape index (κ3) is 2.35. The third-order valence-electron chi connectivity index (χ3n) is 3.05. The summed E-state index contributed by atoms with van der Waals surface area (Å²) in [5.41, 5.74) is 5.18. The number of hydrogen-bond acceptors (Lipinski definition) is 4. The lowest BCUT2D eigenvalue weighted by atomic mass is 10.1. The Labute approximate surface area is 108 Å². The zero-order valence-corrected chi connectivity index (χ0v) is 9.87. The van der Waals surface area contributed by atoms with Crippen LogP contribution in [0, 0.1) is 5.92 Å². The number of carboxylic acid groups (broad SMARTS) is 1. The first kappa shape index (κ1) is 12.9. The van der Waals surface area contributed by atoms with Crippen LogP contribution in [0.3, 0.4) is 0 Å². The Morgan fingerprint density at radius 3 is 2.58 bits per heavy atom. The monoisotopic (exact) mass is 264 g/mol. The van der Waals surface area contributed by atoms with Crippen LogP contribution in [0.15, 0.2) is 18.2 Å². The number of hydrogen-bond donors (Lipinski definition) is 3. The number of rotatable bonds is 3. The second kappa shape index (κ2) is 4.60. The molecule has 0 aliphatic carbocycles. The highest BCUT2D eigenvalue weighted by Gasteiger charge is 2.34. The van der Waals surface area contributed by atoms with E-state index in [2.05, 4.69) is 0 Å². The number of primary amides is 1. The summed E-state index contributed by atoms with van der Waals surface area (Å²) >= 11 is 0. The van der Waals surface area contributed by atoms with Crippen molar-refractivity contribution in [1.29, 1.82) is 0 Å². The maximum atomic E-state index is 11.8. The smallest absolute Gasteiger partial charge is 0.339 e. The van der Waals surface area contributed by atoms with E-state index in [-0.39, 0.29) is 30.2 Å². The second-order valence-electron chi connectivity index (χ2n) is 4.31. The summed E-state index contributed by atoms with van der Waals surface area (Å²) in [4.78, 5) is 35.0. The molecule has 1 aliphatic rings. The standard InChI is InChI=1S/C12H12N2O5/c13-11(17)6-3-10(16)14(5-6)7-1-2-9(15)8(4-7)12(18)19/h1-2,4,6,15H,3,5H2,(H2,13,17)(H,18,19). The van der Waals surface area contributed by atoms with Crippen LogP contribution in [0.4, 0.5) is 5.69 Å². The molecule has 1 aliphatic heterocycles. The molecule has 1 aromatic rings. The fourth-order valence-electron chi connectivity index (χ4n) is 2.01. The molecule has 1 unspecified atom stereocenters. The van der Waals surface area contributed by atoms with Crippen molar-refractivity contribution in [3.63, 3.8) is 0 Å². The van der Waals surface area contributed by atoms with E-state index in [0.29, 0.717) is 5.69 Å². The van der Waals surface area contributed by atoms with Crippen LogP contribution < -0.4 is 10.6 Å². The SMILES string of the molecule is NC(=O)C1CC(=O)N(c2ccc(O)c(C(=O)O)c2)C1. The highest BCUT2D eigenvalue weighted by Crippen LogP contribution is 2.29. The van der Waals surface area contributed by atoms with Gasteiger partial charge in [0, 0.05) is 18.7 Å². The molecule has 19 heavy (non-hydrogen) atoms. The predicted molar refractivity (Wildman–Crippen MR) is 64.7 cm³/mol. The first-order chi connectivity index (χ1) is 8.90. The minimum Gasteiger partial charge on any atom is -0.507 e. The summed E-state index contributed by atoms with van der Waals surface area (Å²) < 4.78 is 0. The van der Waals surface area contributed by atoms with Crippen LogP contribution in [0.2, 0.25) is 0 Å². The van der Waals surface area contributed by atoms with E-state index in [1.165, 1.54) is 23.1 Å². The molecule has 1 heterocycles. The van der Waals surface area contributed by atoms with Crippen molar-refractivity contribution in [2.24, 2.45) is 11.7 Å². The van der Waals surface area contributed by atoms with Gasteiger partial charge in [-0.25, -0.2) is 4.79 Å². The van der Waals surface area contributed by atoms with E-state index in [1.54, 1.807) is 0 Å². The van der Waals surface area contributed by atoms with Crippen molar-refractivity contribution in [2.45, 2.75) is 6.42 Å². The lowest BCUT2D eigenvalue weighted by Gasteiger charge is -2.17. The highest BCUT2D eigenvalue weighted by molar-refractivity contribution is 6.01. The van der Waals surface area contributed by atoms with Crippen LogP contribution in [0.25, 0.3) is 0 Å². The molecule has 1 saturated heterocycles. The zero-order valence-electron chi connectivity index (χ0n) is 9.87. The normalized spacial score (nSPS) is 18.6. The minimum atomic E-state index is -1.29. The summed E-state index contributed by atoms with van der Waals surface area (Å²) in [7, 11) is 0. The van der Waals surface area contributed by atoms with Crippen molar-refractivity contribution < 1.29 is 24.6 Å². The van der Waals surface area contributed by atoms with Crippen molar-refractivity contribution in [1.82, 2.24) is 0 Å². The maximum Gasteiger partial charge on any atom is 0.339 e. The van der Waals surface area contributed by atoms with Gasteiger partial charge in [0.15, 0.2) is 0 Å². The lowest BCUT2D eigenvalue weighted by molar-refractivity contribution is -0.123. The number of amides is 2. The van der Waals surface area contributed by atoms with Gasteiger partial charge in [0.2, 0.25) is 11.8 Å². The number of carboxylic acids is 1. The predicted octanol–water partition coefficient (Wildman–Crippen LogP) is -0.0714. The quantitative estimate of drug-likeness (QED) is 0.705. The van der Waals surface area contributed by atoms with Crippen molar-refractivity contribution in [3.05, 3.63) is 23.8 Å². The van der Waals surface area contributed by atoms with Crippen molar-refractivity contribution in [3.8, 4) is 5.75 Å². The van der Waals surface area contributed by atoms with Gasteiger partial charge in [0.25, 0.3) is 0 Å². The molecule has 1 fully saturated rings. The van der Waals surface area contributed by atoms with Gasteiger partial charge in [0.1, 0.15) is 11.3 Å². The molecule has 1 aromatic carbocycles. The molecule has 7 nitrogen and oxygen atoms in total. The van der Waals surface area contributed by atoms with E-state index < -0.39 is 17.8 Å². The Balaban J connectivity index is 2.33. The molecule has 2 amide bonds. The zero-order chi connectivity index (χ0) is 14.2. The first-order valence-corrected chi connectivity index (χ1v) is 5.56. The van der Waals surface area contributed by atoms with Gasteiger partial charge in [-0.05, 0) is 18.2 Å². The van der Waals surface area contributed by atoms with Gasteiger partial charge in [-0.2, -0.15) is 0 Å². The van der Waals surface area contributed by atoms with E-state index in [1.807, 2.05) is 0 Å². The van der Waals surface area contributed by atoms with E-state index >= 15 is 0 Å². The Morgan fingerprint density at radius 2 is 2.05 bits per heavy atom. The summed E-state index contributed by atoms with van der Waals surface area (Å²) in [6.45, 7) is 0.123. The number of anilines is 1. The summed E-state index contributed by atoms with van der Waals surface area (Å²) in [5, 5.41) is 18.3. The fraction of sp³-hybridized carbons (Fsp3) is 0.250. The van der Waals surface area contributed by atoms with Gasteiger partial charge in [-0.15, -0.1) is 0 Å². The number of aromatic carboxylic acids is 1. The van der Waals surface area contributed by atoms with Crippen LogP contribution >= 0.6 is 0 Å². The van der Waals surface area contributed by atoms with Gasteiger partial charge in [-0.1, -0.05) is 0 Å². The average Bonchev–Trinajstić information content (AvgIpc) is 2.72.